The minimum atomic E-state index is -0.428. The molecule has 2 fully saturated rings. The van der Waals surface area contributed by atoms with Gasteiger partial charge in [-0.25, -0.2) is 4.39 Å². The number of nitrogens with one attached hydrogen (secondary N) is 1. The molecule has 2 aliphatic heterocycles. The van der Waals surface area contributed by atoms with E-state index in [9.17, 15) is 14.0 Å². The number of hydrogen-bond donors (Lipinski definition) is 1. The molecule has 0 spiro atoms. The molecule has 124 valence electrons. The Morgan fingerprint density at radius 2 is 1.74 bits per heavy atom. The second-order valence-corrected chi connectivity index (χ2v) is 5.69. The first kappa shape index (κ1) is 15.9. The number of benzene rings is 1. The maximum atomic E-state index is 12.9. The van der Waals surface area contributed by atoms with Crippen molar-refractivity contribution in [2.75, 3.05) is 45.9 Å². The largest absolute Gasteiger partial charge is 0.366 e. The smallest absolute Gasteiger partial charge is 0.253 e. The molecule has 2 aliphatic rings. The van der Waals surface area contributed by atoms with Crippen LogP contribution >= 0.6 is 0 Å². The standard InChI is InChI=1S/C16H20FN3O3/c17-13-3-1-12(2-4-13)15(21)19-6-8-20(9-7-19)16(22)14-11-18-5-10-23-14/h1-4,14,18H,5-11H2. The first-order valence-corrected chi connectivity index (χ1v) is 7.81. The molecule has 0 aromatic heterocycles. The lowest BCUT2D eigenvalue weighted by Gasteiger charge is -2.37. The van der Waals surface area contributed by atoms with Crippen LogP contribution in [-0.2, 0) is 9.53 Å². The van der Waals surface area contributed by atoms with Crippen LogP contribution in [0.2, 0.25) is 0 Å². The van der Waals surface area contributed by atoms with Crippen molar-refractivity contribution >= 4 is 11.8 Å². The second-order valence-electron chi connectivity index (χ2n) is 5.69. The van der Waals surface area contributed by atoms with Crippen LogP contribution in [0.5, 0.6) is 0 Å². The Balaban J connectivity index is 1.54. The normalized spacial score (nSPS) is 22.0. The maximum absolute atomic E-state index is 12.9. The predicted molar refractivity (Wildman–Crippen MR) is 81.5 cm³/mol. The molecular weight excluding hydrogens is 301 g/mol. The SMILES string of the molecule is O=C(c1ccc(F)cc1)N1CCN(C(=O)C2CNCCO2)CC1. The fourth-order valence-electron chi connectivity index (χ4n) is 2.83. The van der Waals surface area contributed by atoms with Crippen molar-refractivity contribution < 1.29 is 18.7 Å². The number of carbonyl (C=O) groups is 2. The van der Waals surface area contributed by atoms with Crippen molar-refractivity contribution in [1.29, 1.82) is 0 Å². The molecule has 0 radical (unpaired) electrons. The second kappa shape index (κ2) is 7.06. The van der Waals surface area contributed by atoms with E-state index in [-0.39, 0.29) is 17.6 Å². The Bertz CT molecular complexity index is 564. The van der Waals surface area contributed by atoms with E-state index in [1.54, 1.807) is 9.80 Å². The highest BCUT2D eigenvalue weighted by Gasteiger charge is 2.30. The average Bonchev–Trinajstić information content (AvgIpc) is 2.62. The zero-order chi connectivity index (χ0) is 16.2. The van der Waals surface area contributed by atoms with E-state index in [0.717, 1.165) is 6.54 Å². The number of piperazine rings is 1. The van der Waals surface area contributed by atoms with Crippen molar-refractivity contribution in [3.05, 3.63) is 35.6 Å². The molecule has 0 bridgehead atoms. The van der Waals surface area contributed by atoms with Gasteiger partial charge in [-0.2, -0.15) is 0 Å². The summed E-state index contributed by atoms with van der Waals surface area (Å²) in [5.74, 6) is -0.517. The minimum absolute atomic E-state index is 0.0221. The highest BCUT2D eigenvalue weighted by Crippen LogP contribution is 2.12. The highest BCUT2D eigenvalue weighted by atomic mass is 19.1. The maximum Gasteiger partial charge on any atom is 0.253 e. The number of morpholine rings is 1. The van der Waals surface area contributed by atoms with E-state index in [0.29, 0.717) is 44.9 Å². The van der Waals surface area contributed by atoms with Gasteiger partial charge >= 0.3 is 0 Å². The van der Waals surface area contributed by atoms with Gasteiger partial charge in [-0.3, -0.25) is 9.59 Å². The van der Waals surface area contributed by atoms with Crippen LogP contribution in [0.4, 0.5) is 4.39 Å². The third-order valence-electron chi connectivity index (χ3n) is 4.17. The number of rotatable bonds is 2. The van der Waals surface area contributed by atoms with E-state index >= 15 is 0 Å². The van der Waals surface area contributed by atoms with E-state index in [1.165, 1.54) is 24.3 Å². The summed E-state index contributed by atoms with van der Waals surface area (Å²) in [5, 5.41) is 3.14. The first-order chi connectivity index (χ1) is 11.1. The summed E-state index contributed by atoms with van der Waals surface area (Å²) in [6, 6.07) is 5.52. The Kier molecular flexibility index (Phi) is 4.88. The lowest BCUT2D eigenvalue weighted by molar-refractivity contribution is -0.146. The van der Waals surface area contributed by atoms with Crippen molar-refractivity contribution in [3.8, 4) is 0 Å². The number of hydrogen-bond acceptors (Lipinski definition) is 4. The fraction of sp³-hybridized carbons (Fsp3) is 0.500. The van der Waals surface area contributed by atoms with Gasteiger partial charge < -0.3 is 19.9 Å². The van der Waals surface area contributed by atoms with Crippen molar-refractivity contribution in [2.45, 2.75) is 6.10 Å². The number of amides is 2. The Morgan fingerprint density at radius 3 is 2.35 bits per heavy atom. The summed E-state index contributed by atoms with van der Waals surface area (Å²) < 4.78 is 18.4. The van der Waals surface area contributed by atoms with Crippen molar-refractivity contribution in [1.82, 2.24) is 15.1 Å². The Hall–Kier alpha value is -1.99. The summed E-state index contributed by atoms with van der Waals surface area (Å²) in [4.78, 5) is 28.1. The topological polar surface area (TPSA) is 61.9 Å². The third-order valence-corrected chi connectivity index (χ3v) is 4.17. The number of ether oxygens (including phenoxy) is 1. The Labute approximate surface area is 134 Å². The monoisotopic (exact) mass is 321 g/mol. The quantitative estimate of drug-likeness (QED) is 0.839. The van der Waals surface area contributed by atoms with Gasteiger partial charge in [-0.05, 0) is 24.3 Å². The zero-order valence-corrected chi connectivity index (χ0v) is 12.8. The number of halogens is 1. The average molecular weight is 321 g/mol. The molecule has 2 heterocycles. The molecule has 0 saturated carbocycles. The van der Waals surface area contributed by atoms with E-state index in [1.807, 2.05) is 0 Å². The fourth-order valence-corrected chi connectivity index (χ4v) is 2.83. The van der Waals surface area contributed by atoms with Crippen molar-refractivity contribution in [2.24, 2.45) is 0 Å². The number of nitrogens with zero attached hydrogens (tertiary/aromatic N) is 2. The zero-order valence-electron chi connectivity index (χ0n) is 12.8. The van der Waals surface area contributed by atoms with Crippen LogP contribution in [0.3, 0.4) is 0 Å². The summed E-state index contributed by atoms with van der Waals surface area (Å²) in [5.41, 5.74) is 0.464. The van der Waals surface area contributed by atoms with Crippen LogP contribution in [-0.4, -0.2) is 73.6 Å². The summed E-state index contributed by atoms with van der Waals surface area (Å²) in [7, 11) is 0. The van der Waals surface area contributed by atoms with Gasteiger partial charge in [0.25, 0.3) is 11.8 Å². The molecule has 2 amide bonds. The molecular formula is C16H20FN3O3. The third kappa shape index (κ3) is 3.68. The molecule has 23 heavy (non-hydrogen) atoms. The molecule has 1 aromatic carbocycles. The van der Waals surface area contributed by atoms with Gasteiger partial charge in [0.1, 0.15) is 11.9 Å². The van der Waals surface area contributed by atoms with Gasteiger partial charge in [0.05, 0.1) is 6.61 Å². The molecule has 1 aromatic rings. The number of carbonyl (C=O) groups excluding carboxylic acids is 2. The van der Waals surface area contributed by atoms with Gasteiger partial charge in [0.15, 0.2) is 0 Å². The van der Waals surface area contributed by atoms with Gasteiger partial charge in [-0.15, -0.1) is 0 Å². The Morgan fingerprint density at radius 1 is 1.09 bits per heavy atom. The van der Waals surface area contributed by atoms with Crippen LogP contribution in [0.25, 0.3) is 0 Å². The minimum Gasteiger partial charge on any atom is -0.366 e. The summed E-state index contributed by atoms with van der Waals surface area (Å²) in [6.07, 6.45) is -0.428. The van der Waals surface area contributed by atoms with E-state index < -0.39 is 6.10 Å². The summed E-state index contributed by atoms with van der Waals surface area (Å²) >= 11 is 0. The van der Waals surface area contributed by atoms with Crippen LogP contribution in [0.1, 0.15) is 10.4 Å². The highest BCUT2D eigenvalue weighted by molar-refractivity contribution is 5.94. The molecule has 1 N–H and O–H groups in total. The summed E-state index contributed by atoms with van der Waals surface area (Å²) in [6.45, 7) is 3.78. The van der Waals surface area contributed by atoms with Gasteiger partial charge in [0.2, 0.25) is 0 Å². The predicted octanol–water partition coefficient (Wildman–Crippen LogP) is 0.0985. The molecule has 3 rings (SSSR count). The first-order valence-electron chi connectivity index (χ1n) is 7.81. The van der Waals surface area contributed by atoms with Gasteiger partial charge in [0, 0.05) is 44.8 Å². The molecule has 7 heteroatoms. The van der Waals surface area contributed by atoms with Crippen molar-refractivity contribution in [3.63, 3.8) is 0 Å². The molecule has 2 saturated heterocycles. The van der Waals surface area contributed by atoms with E-state index in [2.05, 4.69) is 5.32 Å². The molecule has 6 nitrogen and oxygen atoms in total. The van der Waals surface area contributed by atoms with Crippen LogP contribution in [0.15, 0.2) is 24.3 Å². The molecule has 1 atom stereocenters. The molecule has 0 aliphatic carbocycles. The lowest BCUT2D eigenvalue weighted by Crippen LogP contribution is -2.56. The molecule has 1 unspecified atom stereocenters. The van der Waals surface area contributed by atoms with E-state index in [4.69, 9.17) is 4.74 Å². The van der Waals surface area contributed by atoms with Gasteiger partial charge in [-0.1, -0.05) is 0 Å². The lowest BCUT2D eigenvalue weighted by atomic mass is 10.1. The van der Waals surface area contributed by atoms with Crippen LogP contribution in [0, 0.1) is 5.82 Å². The van der Waals surface area contributed by atoms with Crippen LogP contribution < -0.4 is 5.32 Å².